The van der Waals surface area contributed by atoms with Gasteiger partial charge >= 0.3 is 11.9 Å². The summed E-state index contributed by atoms with van der Waals surface area (Å²) in [5.41, 5.74) is 0. The topological polar surface area (TPSA) is 111 Å². The molecule has 0 aromatic rings. The Morgan fingerprint density at radius 3 is 1.50 bits per heavy atom. The van der Waals surface area contributed by atoms with Crippen LogP contribution < -0.4 is 4.89 Å². The van der Waals surface area contributed by atoms with Crippen molar-refractivity contribution >= 4 is 19.8 Å². The lowest BCUT2D eigenvalue weighted by atomic mass is 10.1. The summed E-state index contributed by atoms with van der Waals surface area (Å²) in [5.74, 6) is -0.862. The van der Waals surface area contributed by atoms with Crippen LogP contribution in [0.5, 0.6) is 0 Å². The van der Waals surface area contributed by atoms with Crippen molar-refractivity contribution in [1.29, 1.82) is 0 Å². The Morgan fingerprint density at radius 2 is 1.00 bits per heavy atom. The molecule has 0 fully saturated rings. The highest BCUT2D eigenvalue weighted by atomic mass is 31.2. The maximum Gasteiger partial charge on any atom is 0.306 e. The summed E-state index contributed by atoms with van der Waals surface area (Å²) in [4.78, 5) is 37.5. The van der Waals surface area contributed by atoms with Gasteiger partial charge in [-0.1, -0.05) is 140 Å². The zero-order valence-corrected chi connectivity index (χ0v) is 36.3. The first-order valence-electron chi connectivity index (χ1n) is 21.7. The Balaban J connectivity index is 4.41. The molecule has 316 valence electrons. The maximum absolute atomic E-state index is 12.7. The van der Waals surface area contributed by atoms with E-state index in [1.165, 1.54) is 70.6 Å². The van der Waals surface area contributed by atoms with Gasteiger partial charge < -0.3 is 27.9 Å². The normalized spacial score (nSPS) is 14.0. The number of carbonyl (C=O) groups is 2. The SMILES string of the molecule is CCCCCC/C=C/C=C/CCCCCCCC(=O)OC[C@H](COP(=O)([O-])OCC[N+](C)(C)C)OC(=O)CCCCCCC/C=C/CCCCCCCC. The standard InChI is InChI=1S/C44H82NO8P/c1-6-8-10-12-14-16-18-20-22-24-26-28-30-32-34-36-43(46)50-40-42(41-52-54(48,49)51-39-38-45(3,4)5)53-44(47)37-35-33-31-29-27-25-23-21-19-17-15-13-11-9-7-2/h16,18,20-23,42H,6-15,17,19,24-41H2,1-5H3/b18-16+,22-20+,23-21+/t42-/m1/s1. The molecule has 0 aromatic heterocycles. The summed E-state index contributed by atoms with van der Waals surface area (Å²) >= 11 is 0. The molecule has 0 heterocycles. The second-order valence-electron chi connectivity index (χ2n) is 15.7. The minimum atomic E-state index is -4.63. The molecule has 0 aromatic carbocycles. The van der Waals surface area contributed by atoms with Gasteiger partial charge in [0.15, 0.2) is 6.10 Å². The third-order valence-electron chi connectivity index (χ3n) is 9.16. The molecule has 0 spiro atoms. The fraction of sp³-hybridized carbons (Fsp3) is 0.818. The first-order chi connectivity index (χ1) is 26.0. The van der Waals surface area contributed by atoms with Crippen LogP contribution in [-0.4, -0.2) is 70.0 Å². The van der Waals surface area contributed by atoms with Crippen LogP contribution in [0.25, 0.3) is 0 Å². The number of phosphoric acid groups is 1. The molecule has 0 aliphatic heterocycles. The van der Waals surface area contributed by atoms with Gasteiger partial charge in [0.05, 0.1) is 27.7 Å². The molecule has 0 amide bonds. The summed E-state index contributed by atoms with van der Waals surface area (Å²) in [5, 5.41) is 0. The molecule has 54 heavy (non-hydrogen) atoms. The number of esters is 2. The van der Waals surface area contributed by atoms with Crippen LogP contribution in [0.1, 0.15) is 181 Å². The summed E-state index contributed by atoms with van der Waals surface area (Å²) in [6.07, 6.45) is 40.2. The summed E-state index contributed by atoms with van der Waals surface area (Å²) in [7, 11) is 1.15. The van der Waals surface area contributed by atoms with Crippen molar-refractivity contribution in [3.8, 4) is 0 Å². The number of ether oxygens (including phenoxy) is 2. The lowest BCUT2D eigenvalue weighted by Crippen LogP contribution is -2.37. The number of quaternary nitrogens is 1. The highest BCUT2D eigenvalue weighted by Crippen LogP contribution is 2.38. The van der Waals surface area contributed by atoms with Crippen molar-refractivity contribution < 1.29 is 42.1 Å². The monoisotopic (exact) mass is 784 g/mol. The van der Waals surface area contributed by atoms with E-state index in [1.54, 1.807) is 0 Å². The second-order valence-corrected chi connectivity index (χ2v) is 17.1. The second kappa shape index (κ2) is 36.8. The molecule has 10 heteroatoms. The molecule has 1 unspecified atom stereocenters. The van der Waals surface area contributed by atoms with Gasteiger partial charge in [-0.15, -0.1) is 0 Å². The number of hydrogen-bond acceptors (Lipinski definition) is 8. The van der Waals surface area contributed by atoms with E-state index in [0.717, 1.165) is 70.6 Å². The van der Waals surface area contributed by atoms with E-state index >= 15 is 0 Å². The van der Waals surface area contributed by atoms with Crippen molar-refractivity contribution in [1.82, 2.24) is 0 Å². The van der Waals surface area contributed by atoms with Crippen molar-refractivity contribution in [2.45, 2.75) is 187 Å². The third-order valence-corrected chi connectivity index (χ3v) is 10.1. The van der Waals surface area contributed by atoms with Crippen molar-refractivity contribution in [3.05, 3.63) is 36.5 Å². The van der Waals surface area contributed by atoms with Crippen molar-refractivity contribution in [2.75, 3.05) is 47.5 Å². The van der Waals surface area contributed by atoms with E-state index in [0.29, 0.717) is 23.9 Å². The Hall–Kier alpha value is -1.77. The molecular formula is C44H82NO8P. The van der Waals surface area contributed by atoms with Gasteiger partial charge in [-0.3, -0.25) is 14.2 Å². The van der Waals surface area contributed by atoms with Crippen LogP contribution in [0.15, 0.2) is 36.5 Å². The molecule has 0 radical (unpaired) electrons. The van der Waals surface area contributed by atoms with Crippen molar-refractivity contribution in [3.63, 3.8) is 0 Å². The van der Waals surface area contributed by atoms with Gasteiger partial charge in [0.2, 0.25) is 0 Å². The van der Waals surface area contributed by atoms with Gasteiger partial charge in [-0.2, -0.15) is 0 Å². The summed E-state index contributed by atoms with van der Waals surface area (Å²) in [6.45, 7) is 4.17. The molecule has 0 rings (SSSR count). The Bertz CT molecular complexity index is 1020. The number of likely N-dealkylation sites (N-methyl/N-ethyl adjacent to an activating group) is 1. The van der Waals surface area contributed by atoms with Crippen LogP contribution in [0.3, 0.4) is 0 Å². The van der Waals surface area contributed by atoms with E-state index in [1.807, 2.05) is 21.1 Å². The number of nitrogens with zero attached hydrogens (tertiary/aromatic N) is 1. The molecule has 0 N–H and O–H groups in total. The van der Waals surface area contributed by atoms with Crippen LogP contribution in [-0.2, 0) is 32.7 Å². The highest BCUT2D eigenvalue weighted by molar-refractivity contribution is 7.45. The third kappa shape index (κ3) is 39.9. The fourth-order valence-corrected chi connectivity index (χ4v) is 6.43. The number of hydrogen-bond donors (Lipinski definition) is 0. The smallest absolute Gasteiger partial charge is 0.306 e. The minimum absolute atomic E-state index is 0.0352. The number of carbonyl (C=O) groups excluding carboxylic acids is 2. The average Bonchev–Trinajstić information content (AvgIpc) is 3.12. The quantitative estimate of drug-likeness (QED) is 0.0151. The molecule has 2 atom stereocenters. The summed E-state index contributed by atoms with van der Waals surface area (Å²) in [6, 6.07) is 0. The van der Waals surface area contributed by atoms with Gasteiger partial charge in [0.1, 0.15) is 19.8 Å². The molecule has 0 saturated heterocycles. The predicted molar refractivity (Wildman–Crippen MR) is 222 cm³/mol. The van der Waals surface area contributed by atoms with E-state index in [2.05, 4.69) is 50.3 Å². The predicted octanol–water partition coefficient (Wildman–Crippen LogP) is 11.5. The van der Waals surface area contributed by atoms with Crippen LogP contribution in [0.2, 0.25) is 0 Å². The number of phosphoric ester groups is 1. The lowest BCUT2D eigenvalue weighted by Gasteiger charge is -2.28. The molecule has 9 nitrogen and oxygen atoms in total. The van der Waals surface area contributed by atoms with E-state index in [-0.39, 0.29) is 26.1 Å². The van der Waals surface area contributed by atoms with Gasteiger partial charge in [-0.05, 0) is 64.2 Å². The Labute approximate surface area is 331 Å². The molecular weight excluding hydrogens is 701 g/mol. The zero-order chi connectivity index (χ0) is 40.0. The molecule has 0 saturated carbocycles. The lowest BCUT2D eigenvalue weighted by molar-refractivity contribution is -0.870. The number of allylic oxidation sites excluding steroid dienone is 6. The number of rotatable bonds is 39. The maximum atomic E-state index is 12.7. The van der Waals surface area contributed by atoms with Crippen molar-refractivity contribution in [2.24, 2.45) is 0 Å². The average molecular weight is 784 g/mol. The first kappa shape index (κ1) is 52.2. The van der Waals surface area contributed by atoms with Crippen LogP contribution in [0, 0.1) is 0 Å². The van der Waals surface area contributed by atoms with Gasteiger partial charge in [0.25, 0.3) is 7.82 Å². The molecule has 0 bridgehead atoms. The van der Waals surface area contributed by atoms with E-state index in [9.17, 15) is 19.0 Å². The van der Waals surface area contributed by atoms with Gasteiger partial charge in [-0.25, -0.2) is 0 Å². The molecule has 0 aliphatic carbocycles. The fourth-order valence-electron chi connectivity index (χ4n) is 5.70. The van der Waals surface area contributed by atoms with E-state index < -0.39 is 32.5 Å². The number of unbranched alkanes of at least 4 members (excludes halogenated alkanes) is 20. The Morgan fingerprint density at radius 1 is 0.574 bits per heavy atom. The molecule has 0 aliphatic rings. The summed E-state index contributed by atoms with van der Waals surface area (Å²) < 4.78 is 33.8. The highest BCUT2D eigenvalue weighted by Gasteiger charge is 2.21. The van der Waals surface area contributed by atoms with Gasteiger partial charge in [0, 0.05) is 12.8 Å². The van der Waals surface area contributed by atoms with E-state index in [4.69, 9.17) is 18.5 Å². The first-order valence-corrected chi connectivity index (χ1v) is 23.2. The van der Waals surface area contributed by atoms with Crippen LogP contribution in [0.4, 0.5) is 0 Å². The van der Waals surface area contributed by atoms with Crippen LogP contribution >= 0.6 is 7.82 Å². The zero-order valence-electron chi connectivity index (χ0n) is 35.4. The largest absolute Gasteiger partial charge is 0.756 e. The minimum Gasteiger partial charge on any atom is -0.756 e. The Kier molecular flexibility index (Phi) is 35.6.